The molecule has 0 aromatic heterocycles. The highest BCUT2D eigenvalue weighted by molar-refractivity contribution is 5.87. The van der Waals surface area contributed by atoms with Crippen LogP contribution in [0.2, 0.25) is 0 Å². The maximum Gasteiger partial charge on any atom is 0.246 e. The predicted octanol–water partition coefficient (Wildman–Crippen LogP) is 2.76. The molecule has 1 rings (SSSR count). The van der Waals surface area contributed by atoms with Crippen molar-refractivity contribution in [3.05, 3.63) is 41.2 Å². The molecule has 0 N–H and O–H groups in total. The number of hydrogen-bond acceptors (Lipinski definition) is 2. The quantitative estimate of drug-likeness (QED) is 0.770. The highest BCUT2D eigenvalue weighted by Crippen LogP contribution is 2.18. The van der Waals surface area contributed by atoms with Crippen LogP contribution in [0.5, 0.6) is 5.75 Å². The molecule has 0 radical (unpaired) electrons. The fourth-order valence-electron chi connectivity index (χ4n) is 1.52. The Labute approximate surface area is 107 Å². The Morgan fingerprint density at radius 2 is 2.11 bits per heavy atom. The van der Waals surface area contributed by atoms with Crippen LogP contribution in [0.25, 0.3) is 0 Å². The van der Waals surface area contributed by atoms with Gasteiger partial charge in [0.2, 0.25) is 5.91 Å². The lowest BCUT2D eigenvalue weighted by molar-refractivity contribution is -0.125. The third kappa shape index (κ3) is 3.87. The minimum Gasteiger partial charge on any atom is -0.494 e. The molecule has 0 fully saturated rings. The SMILES string of the molecule is COc1ccc(CN(C)C(=O)C=C(C)C)cc1F. The first-order chi connectivity index (χ1) is 8.43. The summed E-state index contributed by atoms with van der Waals surface area (Å²) in [6.07, 6.45) is 1.56. The third-order valence-corrected chi connectivity index (χ3v) is 2.42. The molecule has 0 spiro atoms. The van der Waals surface area contributed by atoms with Crippen molar-refractivity contribution in [3.63, 3.8) is 0 Å². The lowest BCUT2D eigenvalue weighted by Crippen LogP contribution is -2.24. The van der Waals surface area contributed by atoms with Gasteiger partial charge >= 0.3 is 0 Å². The van der Waals surface area contributed by atoms with E-state index in [4.69, 9.17) is 4.74 Å². The Kier molecular flexibility index (Phi) is 4.89. The van der Waals surface area contributed by atoms with Gasteiger partial charge in [-0.2, -0.15) is 0 Å². The van der Waals surface area contributed by atoms with Gasteiger partial charge in [-0.15, -0.1) is 0 Å². The molecular formula is C14H18FNO2. The van der Waals surface area contributed by atoms with Crippen molar-refractivity contribution in [3.8, 4) is 5.75 Å². The fraction of sp³-hybridized carbons (Fsp3) is 0.357. The first-order valence-electron chi connectivity index (χ1n) is 5.66. The molecule has 18 heavy (non-hydrogen) atoms. The number of ether oxygens (including phenoxy) is 1. The highest BCUT2D eigenvalue weighted by Gasteiger charge is 2.09. The maximum atomic E-state index is 13.5. The van der Waals surface area contributed by atoms with E-state index in [0.29, 0.717) is 6.54 Å². The van der Waals surface area contributed by atoms with Gasteiger partial charge < -0.3 is 9.64 Å². The van der Waals surface area contributed by atoms with E-state index < -0.39 is 5.82 Å². The number of carbonyl (C=O) groups is 1. The predicted molar refractivity (Wildman–Crippen MR) is 68.9 cm³/mol. The second-order valence-corrected chi connectivity index (χ2v) is 4.38. The van der Waals surface area contributed by atoms with E-state index in [2.05, 4.69) is 0 Å². The van der Waals surface area contributed by atoms with E-state index in [9.17, 15) is 9.18 Å². The van der Waals surface area contributed by atoms with E-state index in [1.54, 1.807) is 25.3 Å². The van der Waals surface area contributed by atoms with Gasteiger partial charge in [-0.1, -0.05) is 11.6 Å². The first-order valence-corrected chi connectivity index (χ1v) is 5.66. The van der Waals surface area contributed by atoms with Gasteiger partial charge in [0, 0.05) is 19.7 Å². The zero-order chi connectivity index (χ0) is 13.7. The lowest BCUT2D eigenvalue weighted by Gasteiger charge is -2.16. The van der Waals surface area contributed by atoms with Crippen LogP contribution in [0.4, 0.5) is 4.39 Å². The molecule has 0 aliphatic carbocycles. The Morgan fingerprint density at radius 1 is 1.44 bits per heavy atom. The molecule has 0 aliphatic rings. The minimum absolute atomic E-state index is 0.0915. The van der Waals surface area contributed by atoms with Crippen LogP contribution in [0.15, 0.2) is 29.8 Å². The van der Waals surface area contributed by atoms with Gasteiger partial charge in [0.05, 0.1) is 7.11 Å². The summed E-state index contributed by atoms with van der Waals surface area (Å²) in [6, 6.07) is 4.68. The summed E-state index contributed by atoms with van der Waals surface area (Å²) in [5.41, 5.74) is 1.67. The zero-order valence-electron chi connectivity index (χ0n) is 11.2. The van der Waals surface area contributed by atoms with Crippen LogP contribution in [0.1, 0.15) is 19.4 Å². The molecule has 98 valence electrons. The number of hydrogen-bond donors (Lipinski definition) is 0. The van der Waals surface area contributed by atoms with Crippen LogP contribution in [0, 0.1) is 5.82 Å². The first kappa shape index (κ1) is 14.2. The van der Waals surface area contributed by atoms with Gasteiger partial charge in [-0.25, -0.2) is 4.39 Å². The van der Waals surface area contributed by atoms with Crippen LogP contribution in [-0.4, -0.2) is 25.0 Å². The monoisotopic (exact) mass is 251 g/mol. The molecule has 1 amide bonds. The molecule has 3 nitrogen and oxygen atoms in total. The van der Waals surface area contributed by atoms with Gasteiger partial charge in [0.1, 0.15) is 0 Å². The Hall–Kier alpha value is -1.84. The summed E-state index contributed by atoms with van der Waals surface area (Å²) in [4.78, 5) is 13.2. The molecule has 0 heterocycles. The van der Waals surface area contributed by atoms with Crippen molar-refractivity contribution in [2.75, 3.05) is 14.2 Å². The number of halogens is 1. The number of rotatable bonds is 4. The molecule has 0 saturated carbocycles. The van der Waals surface area contributed by atoms with Crippen molar-refractivity contribution < 1.29 is 13.9 Å². The second-order valence-electron chi connectivity index (χ2n) is 4.38. The molecule has 0 aliphatic heterocycles. The Balaban J connectivity index is 2.76. The Bertz CT molecular complexity index is 465. The fourth-order valence-corrected chi connectivity index (χ4v) is 1.52. The molecule has 0 unspecified atom stereocenters. The largest absolute Gasteiger partial charge is 0.494 e. The average molecular weight is 251 g/mol. The van der Waals surface area contributed by atoms with Crippen molar-refractivity contribution in [2.24, 2.45) is 0 Å². The minimum atomic E-state index is -0.418. The lowest BCUT2D eigenvalue weighted by atomic mass is 10.2. The number of likely N-dealkylation sites (N-methyl/N-ethyl adjacent to an activating group) is 1. The van der Waals surface area contributed by atoms with E-state index >= 15 is 0 Å². The van der Waals surface area contributed by atoms with Crippen molar-refractivity contribution in [1.29, 1.82) is 0 Å². The molecule has 1 aromatic rings. The standard InChI is InChI=1S/C14H18FNO2/c1-10(2)7-14(17)16(3)9-11-5-6-13(18-4)12(15)8-11/h5-8H,9H2,1-4H3. The van der Waals surface area contributed by atoms with E-state index in [0.717, 1.165) is 11.1 Å². The average Bonchev–Trinajstić information content (AvgIpc) is 2.28. The number of benzene rings is 1. The maximum absolute atomic E-state index is 13.5. The van der Waals surface area contributed by atoms with Crippen molar-refractivity contribution >= 4 is 5.91 Å². The van der Waals surface area contributed by atoms with Gasteiger partial charge in [-0.3, -0.25) is 4.79 Å². The smallest absolute Gasteiger partial charge is 0.246 e. The van der Waals surface area contributed by atoms with Crippen molar-refractivity contribution in [2.45, 2.75) is 20.4 Å². The second kappa shape index (κ2) is 6.19. The number of nitrogens with zero attached hydrogens (tertiary/aromatic N) is 1. The zero-order valence-corrected chi connectivity index (χ0v) is 11.2. The van der Waals surface area contributed by atoms with Crippen LogP contribution >= 0.6 is 0 Å². The summed E-state index contributed by atoms with van der Waals surface area (Å²) >= 11 is 0. The molecular weight excluding hydrogens is 233 g/mol. The van der Waals surface area contributed by atoms with E-state index in [1.807, 2.05) is 13.8 Å². The highest BCUT2D eigenvalue weighted by atomic mass is 19.1. The van der Waals surface area contributed by atoms with Crippen molar-refractivity contribution in [1.82, 2.24) is 4.90 Å². The van der Waals surface area contributed by atoms with Gasteiger partial charge in [0.25, 0.3) is 0 Å². The molecule has 4 heteroatoms. The number of carbonyl (C=O) groups excluding carboxylic acids is 1. The number of allylic oxidation sites excluding steroid dienone is 1. The summed E-state index contributed by atoms with van der Waals surface area (Å²) in [7, 11) is 3.10. The van der Waals surface area contributed by atoms with Crippen LogP contribution in [-0.2, 0) is 11.3 Å². The Morgan fingerprint density at radius 3 is 2.61 bits per heavy atom. The van der Waals surface area contributed by atoms with Gasteiger partial charge in [-0.05, 0) is 31.5 Å². The molecule has 0 atom stereocenters. The topological polar surface area (TPSA) is 29.5 Å². The summed E-state index contributed by atoms with van der Waals surface area (Å²) < 4.78 is 18.3. The van der Waals surface area contributed by atoms with Gasteiger partial charge in [0.15, 0.2) is 11.6 Å². The van der Waals surface area contributed by atoms with E-state index in [1.165, 1.54) is 18.1 Å². The number of amides is 1. The molecule has 0 saturated heterocycles. The summed E-state index contributed by atoms with van der Waals surface area (Å²) in [5, 5.41) is 0. The molecule has 1 aromatic carbocycles. The normalized spacial score (nSPS) is 9.83. The molecule has 0 bridgehead atoms. The summed E-state index contributed by atoms with van der Waals surface area (Å²) in [6.45, 7) is 4.08. The third-order valence-electron chi connectivity index (χ3n) is 2.42. The number of methoxy groups -OCH3 is 1. The summed E-state index contributed by atoms with van der Waals surface area (Å²) in [5.74, 6) is -0.304. The van der Waals surface area contributed by atoms with Crippen LogP contribution in [0.3, 0.4) is 0 Å². The van der Waals surface area contributed by atoms with Crippen LogP contribution < -0.4 is 4.74 Å². The van der Waals surface area contributed by atoms with E-state index in [-0.39, 0.29) is 11.7 Å².